The molecule has 3 rings (SSSR count). The van der Waals surface area contributed by atoms with Crippen LogP contribution in [0.3, 0.4) is 0 Å². The van der Waals surface area contributed by atoms with E-state index in [4.69, 9.17) is 5.11 Å². The Kier molecular flexibility index (Phi) is 3.23. The molecule has 1 fully saturated rings. The number of anilines is 1. The van der Waals surface area contributed by atoms with Gasteiger partial charge in [0.15, 0.2) is 0 Å². The van der Waals surface area contributed by atoms with Gasteiger partial charge in [-0.15, -0.1) is 11.3 Å². The fourth-order valence-corrected chi connectivity index (χ4v) is 3.42. The predicted molar refractivity (Wildman–Crippen MR) is 70.3 cm³/mol. The molecule has 0 aliphatic carbocycles. The summed E-state index contributed by atoms with van der Waals surface area (Å²) in [5.41, 5.74) is 0.646. The third-order valence-electron chi connectivity index (χ3n) is 3.58. The number of carboxylic acid groups (broad SMARTS) is 1. The highest BCUT2D eigenvalue weighted by Crippen LogP contribution is 2.40. The van der Waals surface area contributed by atoms with Crippen molar-refractivity contribution in [2.24, 2.45) is 11.8 Å². The first-order chi connectivity index (χ1) is 9.88. The van der Waals surface area contributed by atoms with Crippen LogP contribution in [-0.4, -0.2) is 40.3 Å². The van der Waals surface area contributed by atoms with Gasteiger partial charge < -0.3 is 10.0 Å². The van der Waals surface area contributed by atoms with Gasteiger partial charge in [0.05, 0.1) is 22.1 Å². The van der Waals surface area contributed by atoms with Gasteiger partial charge in [0.25, 0.3) is 0 Å². The first-order valence-corrected chi connectivity index (χ1v) is 6.98. The Morgan fingerprint density at radius 2 is 2.14 bits per heavy atom. The number of alkyl halides is 3. The third-order valence-corrected chi connectivity index (χ3v) is 4.48. The smallest absolute Gasteiger partial charge is 0.394 e. The molecule has 1 saturated heterocycles. The molecule has 0 aromatic carbocycles. The van der Waals surface area contributed by atoms with E-state index in [0.29, 0.717) is 16.0 Å². The average molecular weight is 317 g/mol. The van der Waals surface area contributed by atoms with Crippen LogP contribution in [0, 0.1) is 11.8 Å². The molecule has 21 heavy (non-hydrogen) atoms. The summed E-state index contributed by atoms with van der Waals surface area (Å²) in [7, 11) is 0. The van der Waals surface area contributed by atoms with Crippen molar-refractivity contribution in [2.75, 3.05) is 18.0 Å². The number of aromatic nitrogens is 2. The minimum absolute atomic E-state index is 0.205. The van der Waals surface area contributed by atoms with Crippen LogP contribution >= 0.6 is 11.3 Å². The molecule has 0 unspecified atom stereocenters. The summed E-state index contributed by atoms with van der Waals surface area (Å²) in [6.07, 6.45) is -3.26. The maximum Gasteiger partial charge on any atom is 0.394 e. The van der Waals surface area contributed by atoms with E-state index in [1.54, 1.807) is 11.4 Å². The number of hydrogen-bond acceptors (Lipinski definition) is 5. The lowest BCUT2D eigenvalue weighted by atomic mass is 9.96. The fourth-order valence-electron chi connectivity index (χ4n) is 2.56. The van der Waals surface area contributed by atoms with Gasteiger partial charge in [-0.1, -0.05) is 0 Å². The lowest BCUT2D eigenvalue weighted by Gasteiger charge is -2.19. The molecule has 1 aliphatic rings. The average Bonchev–Trinajstić information content (AvgIpc) is 3.04. The lowest BCUT2D eigenvalue weighted by Crippen LogP contribution is -2.33. The van der Waals surface area contributed by atoms with Crippen molar-refractivity contribution in [1.82, 2.24) is 9.97 Å². The van der Waals surface area contributed by atoms with Crippen molar-refractivity contribution in [3.63, 3.8) is 0 Å². The van der Waals surface area contributed by atoms with Crippen LogP contribution in [0.5, 0.6) is 0 Å². The minimum atomic E-state index is -4.54. The summed E-state index contributed by atoms with van der Waals surface area (Å²) in [5, 5.41) is 10.8. The highest BCUT2D eigenvalue weighted by atomic mass is 32.1. The Hall–Kier alpha value is -1.90. The van der Waals surface area contributed by atoms with E-state index in [2.05, 4.69) is 9.97 Å². The molecule has 2 atom stereocenters. The van der Waals surface area contributed by atoms with E-state index in [9.17, 15) is 18.0 Å². The zero-order valence-corrected chi connectivity index (χ0v) is 11.4. The Morgan fingerprint density at radius 3 is 2.76 bits per heavy atom. The van der Waals surface area contributed by atoms with Crippen molar-refractivity contribution in [2.45, 2.75) is 6.18 Å². The molecule has 2 aromatic heterocycles. The second-order valence-corrected chi connectivity index (χ2v) is 5.75. The van der Waals surface area contributed by atoms with Crippen LogP contribution in [0.2, 0.25) is 0 Å². The molecule has 0 bridgehead atoms. The van der Waals surface area contributed by atoms with Gasteiger partial charge in [-0.25, -0.2) is 9.97 Å². The highest BCUT2D eigenvalue weighted by Gasteiger charge is 2.53. The number of aliphatic carboxylic acids is 1. The van der Waals surface area contributed by atoms with E-state index >= 15 is 0 Å². The molecule has 1 N–H and O–H groups in total. The standard InChI is InChI=1S/C12H10F3N3O2S/c13-12(14,15)7-4-18(3-6(7)11(19)20)10-9-8(1-2-21-9)16-5-17-10/h1-2,5-7H,3-4H2,(H,19,20)/t6-,7-/m1/s1. The molecule has 1 aliphatic heterocycles. The number of carboxylic acids is 1. The molecule has 0 saturated carbocycles. The van der Waals surface area contributed by atoms with E-state index < -0.39 is 30.5 Å². The van der Waals surface area contributed by atoms with Gasteiger partial charge in [-0.05, 0) is 11.4 Å². The lowest BCUT2D eigenvalue weighted by molar-refractivity contribution is -0.187. The van der Waals surface area contributed by atoms with E-state index in [1.807, 2.05) is 0 Å². The van der Waals surface area contributed by atoms with Crippen molar-refractivity contribution >= 4 is 33.3 Å². The van der Waals surface area contributed by atoms with Crippen molar-refractivity contribution in [1.29, 1.82) is 0 Å². The first kappa shape index (κ1) is 14.1. The second kappa shape index (κ2) is 4.83. The number of halogens is 3. The van der Waals surface area contributed by atoms with E-state index in [-0.39, 0.29) is 6.54 Å². The molecular formula is C12H10F3N3O2S. The summed E-state index contributed by atoms with van der Waals surface area (Å²) < 4.78 is 39.7. The van der Waals surface area contributed by atoms with Crippen LogP contribution in [0.15, 0.2) is 17.8 Å². The van der Waals surface area contributed by atoms with Gasteiger partial charge in [0.2, 0.25) is 0 Å². The molecular weight excluding hydrogens is 307 g/mol. The Labute approximate surface area is 121 Å². The van der Waals surface area contributed by atoms with Gasteiger partial charge >= 0.3 is 12.1 Å². The molecule has 0 amide bonds. The van der Waals surface area contributed by atoms with Crippen molar-refractivity contribution < 1.29 is 23.1 Å². The number of thiophene rings is 1. The summed E-state index contributed by atoms with van der Waals surface area (Å²) in [6, 6.07) is 1.75. The molecule has 9 heteroatoms. The quantitative estimate of drug-likeness (QED) is 0.921. The molecule has 2 aromatic rings. The SMILES string of the molecule is O=C(O)[C@@H]1CN(c2ncnc3ccsc23)C[C@H]1C(F)(F)F. The zero-order chi connectivity index (χ0) is 15.2. The second-order valence-electron chi connectivity index (χ2n) is 4.83. The first-order valence-electron chi connectivity index (χ1n) is 6.10. The molecule has 0 spiro atoms. The highest BCUT2D eigenvalue weighted by molar-refractivity contribution is 7.17. The molecule has 112 valence electrons. The number of hydrogen-bond donors (Lipinski definition) is 1. The number of rotatable bonds is 2. The van der Waals surface area contributed by atoms with Crippen LogP contribution in [0.1, 0.15) is 0 Å². The molecule has 3 heterocycles. The predicted octanol–water partition coefficient (Wildman–Crippen LogP) is 2.39. The van der Waals surface area contributed by atoms with Crippen molar-refractivity contribution in [3.05, 3.63) is 17.8 Å². The Bertz CT molecular complexity index is 688. The minimum Gasteiger partial charge on any atom is -0.481 e. The van der Waals surface area contributed by atoms with Gasteiger partial charge in [-0.3, -0.25) is 4.79 Å². The molecule has 0 radical (unpaired) electrons. The summed E-state index contributed by atoms with van der Waals surface area (Å²) >= 11 is 1.32. The van der Waals surface area contributed by atoms with E-state index in [0.717, 1.165) is 0 Å². The van der Waals surface area contributed by atoms with Crippen LogP contribution < -0.4 is 4.90 Å². The Morgan fingerprint density at radius 1 is 1.38 bits per heavy atom. The van der Waals surface area contributed by atoms with Crippen molar-refractivity contribution in [3.8, 4) is 0 Å². The number of fused-ring (bicyclic) bond motifs is 1. The van der Waals surface area contributed by atoms with E-state index in [1.165, 1.54) is 22.6 Å². The van der Waals surface area contributed by atoms with Crippen LogP contribution in [0.25, 0.3) is 10.2 Å². The number of carbonyl (C=O) groups is 1. The fraction of sp³-hybridized carbons (Fsp3) is 0.417. The summed E-state index contributed by atoms with van der Waals surface area (Å²) in [6.45, 7) is -0.603. The topological polar surface area (TPSA) is 66.3 Å². The maximum atomic E-state index is 13.0. The number of nitrogens with zero attached hydrogens (tertiary/aromatic N) is 3. The monoisotopic (exact) mass is 317 g/mol. The molecule has 5 nitrogen and oxygen atoms in total. The van der Waals surface area contributed by atoms with Crippen LogP contribution in [0.4, 0.5) is 19.0 Å². The summed E-state index contributed by atoms with van der Waals surface area (Å²) in [5.74, 6) is -4.43. The maximum absolute atomic E-state index is 13.0. The largest absolute Gasteiger partial charge is 0.481 e. The zero-order valence-electron chi connectivity index (χ0n) is 10.5. The van der Waals surface area contributed by atoms with Gasteiger partial charge in [0, 0.05) is 13.1 Å². The Balaban J connectivity index is 1.98. The normalized spacial score (nSPS) is 22.9. The third kappa shape index (κ3) is 2.41. The van der Waals surface area contributed by atoms with Gasteiger partial charge in [-0.2, -0.15) is 13.2 Å². The van der Waals surface area contributed by atoms with Crippen LogP contribution in [-0.2, 0) is 4.79 Å². The van der Waals surface area contributed by atoms with Gasteiger partial charge in [0.1, 0.15) is 12.1 Å². The summed E-state index contributed by atoms with van der Waals surface area (Å²) in [4.78, 5) is 20.5.